The molecule has 1 aromatic carbocycles. The smallest absolute Gasteiger partial charge is 0.255 e. The van der Waals surface area contributed by atoms with Crippen molar-refractivity contribution in [1.29, 1.82) is 0 Å². The number of amides is 1. The fourth-order valence-corrected chi connectivity index (χ4v) is 3.49. The summed E-state index contributed by atoms with van der Waals surface area (Å²) in [5, 5.41) is 16.6. The molecule has 1 saturated carbocycles. The second kappa shape index (κ2) is 4.85. The third-order valence-corrected chi connectivity index (χ3v) is 4.46. The molecule has 102 valence electrons. The van der Waals surface area contributed by atoms with Crippen LogP contribution in [0.1, 0.15) is 23.2 Å². The van der Waals surface area contributed by atoms with E-state index in [0.29, 0.717) is 17.0 Å². The van der Waals surface area contributed by atoms with Crippen LogP contribution >= 0.6 is 23.2 Å². The molecule has 1 aromatic rings. The summed E-state index contributed by atoms with van der Waals surface area (Å²) in [6.07, 6.45) is 2.04. The molecule has 0 radical (unpaired) electrons. The van der Waals surface area contributed by atoms with Crippen molar-refractivity contribution in [2.45, 2.75) is 24.9 Å². The number of carbonyl (C=O) groups is 1. The lowest BCUT2D eigenvalue weighted by Crippen LogP contribution is -2.44. The summed E-state index contributed by atoms with van der Waals surface area (Å²) in [7, 11) is 0. The minimum Gasteiger partial charge on any atom is -0.506 e. The van der Waals surface area contributed by atoms with Crippen LogP contribution in [0, 0.1) is 5.92 Å². The number of carbonyl (C=O) groups excluding carboxylic acids is 1. The highest BCUT2D eigenvalue weighted by Crippen LogP contribution is 2.33. The zero-order valence-electron chi connectivity index (χ0n) is 10.1. The van der Waals surface area contributed by atoms with Crippen LogP contribution in [0.3, 0.4) is 0 Å². The van der Waals surface area contributed by atoms with E-state index in [2.05, 4.69) is 10.6 Å². The standard InChI is InChI=1S/C13H14Cl2N2O2/c14-7-2-9(12(18)10(15)3-7)13(19)17-11-4-8-1-6(11)5-16-8/h2-3,6,8,11,16,18H,1,4-5H2,(H,17,19)/t6-,8-,11-/m1/s1. The Morgan fingerprint density at radius 2 is 2.16 bits per heavy atom. The molecule has 1 heterocycles. The van der Waals surface area contributed by atoms with E-state index in [9.17, 15) is 9.90 Å². The Kier molecular flexibility index (Phi) is 3.33. The van der Waals surface area contributed by atoms with Crippen molar-refractivity contribution in [2.24, 2.45) is 5.92 Å². The minimum absolute atomic E-state index is 0.0901. The van der Waals surface area contributed by atoms with Gasteiger partial charge in [0.2, 0.25) is 0 Å². The molecule has 2 aliphatic rings. The molecule has 19 heavy (non-hydrogen) atoms. The molecule has 2 bridgehead atoms. The van der Waals surface area contributed by atoms with E-state index in [0.717, 1.165) is 19.4 Å². The Balaban J connectivity index is 1.77. The number of phenolic OH excluding ortho intramolecular Hbond substituents is 1. The highest BCUT2D eigenvalue weighted by Gasteiger charge is 2.40. The molecule has 1 aliphatic carbocycles. The van der Waals surface area contributed by atoms with Crippen molar-refractivity contribution < 1.29 is 9.90 Å². The van der Waals surface area contributed by atoms with Crippen molar-refractivity contribution >= 4 is 29.1 Å². The van der Waals surface area contributed by atoms with E-state index >= 15 is 0 Å². The van der Waals surface area contributed by atoms with E-state index in [1.54, 1.807) is 0 Å². The van der Waals surface area contributed by atoms with Gasteiger partial charge in [0.05, 0.1) is 10.6 Å². The first-order valence-corrected chi connectivity index (χ1v) is 7.02. The summed E-state index contributed by atoms with van der Waals surface area (Å²) < 4.78 is 0. The molecule has 6 heteroatoms. The number of nitrogens with one attached hydrogen (secondary N) is 2. The molecular weight excluding hydrogens is 287 g/mol. The normalized spacial score (nSPS) is 28.6. The van der Waals surface area contributed by atoms with Crippen LogP contribution in [-0.4, -0.2) is 29.6 Å². The SMILES string of the molecule is O=C(N[C@@H]1C[C@H]2C[C@@H]1CN2)c1cc(Cl)cc(Cl)c1O. The van der Waals surface area contributed by atoms with E-state index in [4.69, 9.17) is 23.2 Å². The van der Waals surface area contributed by atoms with Gasteiger partial charge < -0.3 is 15.7 Å². The fourth-order valence-electron chi connectivity index (χ4n) is 3.00. The monoisotopic (exact) mass is 300 g/mol. The number of hydrogen-bond acceptors (Lipinski definition) is 3. The molecule has 2 fully saturated rings. The van der Waals surface area contributed by atoms with Crippen LogP contribution in [0.15, 0.2) is 12.1 Å². The average Bonchev–Trinajstić information content (AvgIpc) is 2.95. The quantitative estimate of drug-likeness (QED) is 0.784. The summed E-state index contributed by atoms with van der Waals surface area (Å²) in [4.78, 5) is 12.2. The Labute approximate surface area is 121 Å². The van der Waals surface area contributed by atoms with Crippen molar-refractivity contribution in [3.8, 4) is 5.75 Å². The van der Waals surface area contributed by atoms with Gasteiger partial charge in [-0.15, -0.1) is 0 Å². The Morgan fingerprint density at radius 3 is 2.79 bits per heavy atom. The van der Waals surface area contributed by atoms with Gasteiger partial charge in [-0.2, -0.15) is 0 Å². The maximum absolute atomic E-state index is 12.2. The number of halogens is 2. The number of hydrogen-bond donors (Lipinski definition) is 3. The van der Waals surface area contributed by atoms with Crippen LogP contribution in [0.2, 0.25) is 10.0 Å². The van der Waals surface area contributed by atoms with Crippen LogP contribution in [0.5, 0.6) is 5.75 Å². The molecule has 3 atom stereocenters. The van der Waals surface area contributed by atoms with E-state index in [-0.39, 0.29) is 28.3 Å². The fraction of sp³-hybridized carbons (Fsp3) is 0.462. The third kappa shape index (κ3) is 2.40. The first kappa shape index (κ1) is 13.0. The molecule has 3 rings (SSSR count). The van der Waals surface area contributed by atoms with Crippen LogP contribution in [0.4, 0.5) is 0 Å². The van der Waals surface area contributed by atoms with Crippen molar-refractivity contribution in [2.75, 3.05) is 6.54 Å². The third-order valence-electron chi connectivity index (χ3n) is 3.95. The molecule has 0 spiro atoms. The number of benzene rings is 1. The lowest BCUT2D eigenvalue weighted by Gasteiger charge is -2.23. The zero-order valence-corrected chi connectivity index (χ0v) is 11.6. The summed E-state index contributed by atoms with van der Waals surface area (Å²) in [6, 6.07) is 3.52. The van der Waals surface area contributed by atoms with Crippen molar-refractivity contribution in [1.82, 2.24) is 10.6 Å². The molecule has 1 saturated heterocycles. The first-order chi connectivity index (χ1) is 9.04. The van der Waals surface area contributed by atoms with Gasteiger partial charge in [0.15, 0.2) is 0 Å². The van der Waals surface area contributed by atoms with Crippen LogP contribution < -0.4 is 10.6 Å². The summed E-state index contributed by atoms with van der Waals surface area (Å²) >= 11 is 11.7. The van der Waals surface area contributed by atoms with E-state index < -0.39 is 0 Å². The van der Waals surface area contributed by atoms with Crippen molar-refractivity contribution in [3.05, 3.63) is 27.7 Å². The maximum Gasteiger partial charge on any atom is 0.255 e. The number of aromatic hydroxyl groups is 1. The molecule has 4 nitrogen and oxygen atoms in total. The minimum atomic E-state index is -0.320. The highest BCUT2D eigenvalue weighted by molar-refractivity contribution is 6.36. The Hall–Kier alpha value is -0.970. The van der Waals surface area contributed by atoms with Gasteiger partial charge in [0.25, 0.3) is 5.91 Å². The Morgan fingerprint density at radius 1 is 1.37 bits per heavy atom. The van der Waals surface area contributed by atoms with Gasteiger partial charge in [-0.1, -0.05) is 23.2 Å². The topological polar surface area (TPSA) is 61.4 Å². The highest BCUT2D eigenvalue weighted by atomic mass is 35.5. The second-order valence-corrected chi connectivity index (χ2v) is 6.04. The average molecular weight is 301 g/mol. The number of fused-ring (bicyclic) bond motifs is 2. The summed E-state index contributed by atoms with van der Waals surface area (Å²) in [5.41, 5.74) is 0.133. The van der Waals surface area contributed by atoms with Gasteiger partial charge in [-0.25, -0.2) is 0 Å². The molecule has 1 aliphatic heterocycles. The predicted molar refractivity (Wildman–Crippen MR) is 73.9 cm³/mol. The van der Waals surface area contributed by atoms with Gasteiger partial charge in [-0.3, -0.25) is 4.79 Å². The van der Waals surface area contributed by atoms with Crippen LogP contribution in [-0.2, 0) is 0 Å². The van der Waals surface area contributed by atoms with Gasteiger partial charge in [-0.05, 0) is 30.9 Å². The number of phenols is 1. The predicted octanol–water partition coefficient (Wildman–Crippen LogP) is 2.18. The van der Waals surface area contributed by atoms with E-state index in [1.165, 1.54) is 12.1 Å². The molecule has 1 amide bonds. The van der Waals surface area contributed by atoms with Gasteiger partial charge in [0, 0.05) is 23.7 Å². The van der Waals surface area contributed by atoms with Crippen LogP contribution in [0.25, 0.3) is 0 Å². The molecule has 0 unspecified atom stereocenters. The molecule has 3 N–H and O–H groups in total. The van der Waals surface area contributed by atoms with Gasteiger partial charge in [0.1, 0.15) is 5.75 Å². The summed E-state index contributed by atoms with van der Waals surface area (Å²) in [6.45, 7) is 0.942. The van der Waals surface area contributed by atoms with Gasteiger partial charge >= 0.3 is 0 Å². The number of piperidine rings is 1. The number of rotatable bonds is 2. The zero-order chi connectivity index (χ0) is 13.6. The molecule has 0 aromatic heterocycles. The Bertz CT molecular complexity index is 536. The largest absolute Gasteiger partial charge is 0.506 e. The van der Waals surface area contributed by atoms with Crippen molar-refractivity contribution in [3.63, 3.8) is 0 Å². The van der Waals surface area contributed by atoms with E-state index in [1.807, 2.05) is 0 Å². The lowest BCUT2D eigenvalue weighted by molar-refractivity contribution is 0.0922. The summed E-state index contributed by atoms with van der Waals surface area (Å²) in [5.74, 6) is -0.0601. The maximum atomic E-state index is 12.2. The lowest BCUT2D eigenvalue weighted by atomic mass is 10.0. The molecular formula is C13H14Cl2N2O2. The second-order valence-electron chi connectivity index (χ2n) is 5.20. The first-order valence-electron chi connectivity index (χ1n) is 6.27.